The average Bonchev–Trinajstić information content (AvgIpc) is 2.71. The van der Waals surface area contributed by atoms with Crippen molar-refractivity contribution in [2.45, 2.75) is 45.6 Å². The van der Waals surface area contributed by atoms with E-state index in [0.29, 0.717) is 23.2 Å². The standard InChI is InChI=1S/C23H25FN4O/c1-15-6-8-18(9-7-15)26-23-25-14-20(24)22(27-23)17-4-3-5-19(13-17)28-11-10-16(2)12-21(28)29/h3-5,10-15,18H,6-9H2,1-2H3,(H,25,26,27). The van der Waals surface area contributed by atoms with Gasteiger partial charge in [-0.25, -0.2) is 14.4 Å². The van der Waals surface area contributed by atoms with Gasteiger partial charge in [0.15, 0.2) is 5.82 Å². The number of nitrogens with one attached hydrogen (secondary N) is 1. The molecule has 0 saturated heterocycles. The van der Waals surface area contributed by atoms with Crippen molar-refractivity contribution in [2.75, 3.05) is 5.32 Å². The molecule has 2 heterocycles. The molecule has 1 aliphatic carbocycles. The lowest BCUT2D eigenvalue weighted by Crippen LogP contribution is -2.26. The second-order valence-electron chi connectivity index (χ2n) is 7.95. The summed E-state index contributed by atoms with van der Waals surface area (Å²) in [6.07, 6.45) is 7.44. The molecule has 2 aromatic heterocycles. The zero-order valence-electron chi connectivity index (χ0n) is 16.7. The summed E-state index contributed by atoms with van der Waals surface area (Å²) in [4.78, 5) is 20.9. The maximum atomic E-state index is 14.5. The van der Waals surface area contributed by atoms with Gasteiger partial charge in [-0.3, -0.25) is 9.36 Å². The molecule has 1 fully saturated rings. The number of benzene rings is 1. The molecule has 1 aromatic carbocycles. The van der Waals surface area contributed by atoms with Crippen LogP contribution in [0.3, 0.4) is 0 Å². The summed E-state index contributed by atoms with van der Waals surface area (Å²) in [5.74, 6) is 0.714. The molecule has 0 unspecified atom stereocenters. The van der Waals surface area contributed by atoms with Gasteiger partial charge in [0.05, 0.1) is 6.20 Å². The first-order valence-corrected chi connectivity index (χ1v) is 10.1. The number of aromatic nitrogens is 3. The van der Waals surface area contributed by atoms with E-state index in [9.17, 15) is 9.18 Å². The maximum Gasteiger partial charge on any atom is 0.255 e. The van der Waals surface area contributed by atoms with Crippen LogP contribution in [0.15, 0.2) is 53.6 Å². The van der Waals surface area contributed by atoms with E-state index in [2.05, 4.69) is 22.2 Å². The van der Waals surface area contributed by atoms with Crippen LogP contribution in [-0.4, -0.2) is 20.6 Å². The predicted octanol–water partition coefficient (Wildman–Crippen LogP) is 4.73. The smallest absolute Gasteiger partial charge is 0.255 e. The van der Waals surface area contributed by atoms with Crippen molar-refractivity contribution >= 4 is 5.95 Å². The van der Waals surface area contributed by atoms with Crippen molar-refractivity contribution < 1.29 is 4.39 Å². The quantitative estimate of drug-likeness (QED) is 0.697. The van der Waals surface area contributed by atoms with E-state index in [4.69, 9.17) is 0 Å². The molecule has 1 aliphatic rings. The van der Waals surface area contributed by atoms with E-state index in [-0.39, 0.29) is 11.3 Å². The van der Waals surface area contributed by atoms with Gasteiger partial charge in [-0.1, -0.05) is 19.1 Å². The normalized spacial score (nSPS) is 19.1. The Morgan fingerprint density at radius 2 is 1.93 bits per heavy atom. The SMILES string of the molecule is Cc1ccn(-c2cccc(-c3nc(NC4CCC(C)CC4)ncc3F)c2)c(=O)c1. The summed E-state index contributed by atoms with van der Waals surface area (Å²) in [7, 11) is 0. The molecule has 1 saturated carbocycles. The topological polar surface area (TPSA) is 59.8 Å². The Morgan fingerprint density at radius 3 is 2.69 bits per heavy atom. The van der Waals surface area contributed by atoms with E-state index < -0.39 is 5.82 Å². The van der Waals surface area contributed by atoms with Crippen LogP contribution in [0.4, 0.5) is 10.3 Å². The highest BCUT2D eigenvalue weighted by molar-refractivity contribution is 5.63. The Labute approximate surface area is 169 Å². The first-order chi connectivity index (χ1) is 14.0. The van der Waals surface area contributed by atoms with Crippen LogP contribution >= 0.6 is 0 Å². The number of anilines is 1. The van der Waals surface area contributed by atoms with E-state index >= 15 is 0 Å². The molecule has 150 valence electrons. The Hall–Kier alpha value is -3.02. The number of halogens is 1. The molecule has 0 radical (unpaired) electrons. The molecule has 0 spiro atoms. The highest BCUT2D eigenvalue weighted by Crippen LogP contribution is 2.27. The second-order valence-corrected chi connectivity index (χ2v) is 7.95. The van der Waals surface area contributed by atoms with Crippen molar-refractivity contribution in [2.24, 2.45) is 5.92 Å². The van der Waals surface area contributed by atoms with Crippen LogP contribution in [0.25, 0.3) is 16.9 Å². The summed E-state index contributed by atoms with van der Waals surface area (Å²) in [6.45, 7) is 4.15. The Kier molecular flexibility index (Phi) is 5.43. The number of nitrogens with zero attached hydrogens (tertiary/aromatic N) is 3. The zero-order valence-corrected chi connectivity index (χ0v) is 16.7. The Morgan fingerprint density at radius 1 is 1.14 bits per heavy atom. The van der Waals surface area contributed by atoms with Crippen molar-refractivity contribution in [3.05, 3.63) is 70.5 Å². The molecule has 3 aromatic rings. The van der Waals surface area contributed by atoms with Crippen LogP contribution in [0.5, 0.6) is 0 Å². The van der Waals surface area contributed by atoms with Gasteiger partial charge in [0.2, 0.25) is 5.95 Å². The van der Waals surface area contributed by atoms with Gasteiger partial charge in [-0.05, 0) is 62.3 Å². The van der Waals surface area contributed by atoms with Crippen LogP contribution in [0.2, 0.25) is 0 Å². The third kappa shape index (κ3) is 4.36. The number of pyridine rings is 1. The third-order valence-corrected chi connectivity index (χ3v) is 5.57. The minimum atomic E-state index is -0.485. The summed E-state index contributed by atoms with van der Waals surface area (Å²) in [6, 6.07) is 10.9. The molecular formula is C23H25FN4O. The van der Waals surface area contributed by atoms with Crippen LogP contribution in [0.1, 0.15) is 38.2 Å². The van der Waals surface area contributed by atoms with Crippen molar-refractivity contribution in [3.8, 4) is 16.9 Å². The largest absolute Gasteiger partial charge is 0.351 e. The van der Waals surface area contributed by atoms with Gasteiger partial charge in [0, 0.05) is 29.6 Å². The molecule has 29 heavy (non-hydrogen) atoms. The molecule has 6 heteroatoms. The zero-order chi connectivity index (χ0) is 20.4. The van der Waals surface area contributed by atoms with Crippen molar-refractivity contribution in [1.82, 2.24) is 14.5 Å². The molecule has 0 bridgehead atoms. The lowest BCUT2D eigenvalue weighted by molar-refractivity contribution is 0.360. The molecule has 0 atom stereocenters. The van der Waals surface area contributed by atoms with E-state index in [1.807, 2.05) is 19.1 Å². The number of hydrogen-bond acceptors (Lipinski definition) is 4. The first-order valence-electron chi connectivity index (χ1n) is 10.1. The summed E-state index contributed by atoms with van der Waals surface area (Å²) in [5, 5.41) is 3.36. The van der Waals surface area contributed by atoms with Gasteiger partial charge < -0.3 is 5.32 Å². The highest BCUT2D eigenvalue weighted by atomic mass is 19.1. The highest BCUT2D eigenvalue weighted by Gasteiger charge is 2.19. The van der Waals surface area contributed by atoms with E-state index in [1.165, 1.54) is 23.6 Å². The van der Waals surface area contributed by atoms with Gasteiger partial charge >= 0.3 is 0 Å². The van der Waals surface area contributed by atoms with Gasteiger partial charge in [-0.2, -0.15) is 0 Å². The summed E-state index contributed by atoms with van der Waals surface area (Å²) in [5.41, 5.74) is 2.28. The average molecular weight is 392 g/mol. The van der Waals surface area contributed by atoms with Crippen LogP contribution < -0.4 is 10.9 Å². The molecule has 1 N–H and O–H groups in total. The Balaban J connectivity index is 1.63. The second kappa shape index (κ2) is 8.15. The minimum absolute atomic E-state index is 0.126. The molecule has 4 rings (SSSR count). The fraction of sp³-hybridized carbons (Fsp3) is 0.348. The number of aryl methyl sites for hydroxylation is 1. The van der Waals surface area contributed by atoms with Crippen LogP contribution in [0, 0.1) is 18.7 Å². The fourth-order valence-electron chi connectivity index (χ4n) is 3.82. The van der Waals surface area contributed by atoms with Gasteiger partial charge in [-0.15, -0.1) is 0 Å². The van der Waals surface area contributed by atoms with E-state index in [0.717, 1.165) is 24.3 Å². The third-order valence-electron chi connectivity index (χ3n) is 5.57. The van der Waals surface area contributed by atoms with E-state index in [1.54, 1.807) is 30.5 Å². The maximum absolute atomic E-state index is 14.5. The summed E-state index contributed by atoms with van der Waals surface area (Å²) < 4.78 is 16.1. The van der Waals surface area contributed by atoms with Crippen molar-refractivity contribution in [3.63, 3.8) is 0 Å². The first kappa shape index (κ1) is 19.3. The number of hydrogen-bond donors (Lipinski definition) is 1. The Bertz CT molecular complexity index is 1070. The molecule has 0 aliphatic heterocycles. The summed E-state index contributed by atoms with van der Waals surface area (Å²) >= 11 is 0. The molecule has 0 amide bonds. The molecule has 5 nitrogen and oxygen atoms in total. The number of rotatable bonds is 4. The molecular weight excluding hydrogens is 367 g/mol. The lowest BCUT2D eigenvalue weighted by Gasteiger charge is -2.26. The van der Waals surface area contributed by atoms with Gasteiger partial charge in [0.1, 0.15) is 5.69 Å². The predicted molar refractivity (Wildman–Crippen MR) is 113 cm³/mol. The van der Waals surface area contributed by atoms with Crippen LogP contribution in [-0.2, 0) is 0 Å². The monoisotopic (exact) mass is 392 g/mol. The van der Waals surface area contributed by atoms with Crippen molar-refractivity contribution in [1.29, 1.82) is 0 Å². The lowest BCUT2D eigenvalue weighted by atomic mass is 9.87. The minimum Gasteiger partial charge on any atom is -0.351 e. The van der Waals surface area contributed by atoms with Gasteiger partial charge in [0.25, 0.3) is 5.56 Å². The fourth-order valence-corrected chi connectivity index (χ4v) is 3.82.